The third kappa shape index (κ3) is 5.55. The maximum atomic E-state index is 11.9. The van der Waals surface area contributed by atoms with Crippen LogP contribution in [0.1, 0.15) is 19.3 Å². The van der Waals surface area contributed by atoms with E-state index < -0.39 is 18.8 Å². The normalized spacial score (nSPS) is 15.1. The van der Waals surface area contributed by atoms with Crippen LogP contribution in [0.25, 0.3) is 0 Å². The van der Waals surface area contributed by atoms with Crippen molar-refractivity contribution in [1.82, 2.24) is 0 Å². The maximum absolute atomic E-state index is 11.9. The number of hydrogen-bond donors (Lipinski definition) is 0. The highest BCUT2D eigenvalue weighted by Gasteiger charge is 2.27. The monoisotopic (exact) mass is 331 g/mol. The quantitative estimate of drug-likeness (QED) is 0.457. The standard InChI is InChI=1S/C15H16F3NO4/c16-15(17,18)10-22-9-7-14(21)23-12-5-3-11(4-6-12)19-8-1-2-13(19)20/h3-6H,1-2,7-10H2. The van der Waals surface area contributed by atoms with Crippen molar-refractivity contribution in [3.63, 3.8) is 0 Å². The Morgan fingerprint density at radius 3 is 2.48 bits per heavy atom. The first-order valence-corrected chi connectivity index (χ1v) is 7.11. The van der Waals surface area contributed by atoms with Gasteiger partial charge in [0.2, 0.25) is 5.91 Å². The van der Waals surface area contributed by atoms with Gasteiger partial charge in [0, 0.05) is 18.7 Å². The van der Waals surface area contributed by atoms with Gasteiger partial charge in [-0.3, -0.25) is 9.59 Å². The van der Waals surface area contributed by atoms with Gasteiger partial charge in [-0.15, -0.1) is 0 Å². The van der Waals surface area contributed by atoms with Crippen LogP contribution in [0.4, 0.5) is 18.9 Å². The second-order valence-electron chi connectivity index (χ2n) is 5.03. The third-order valence-electron chi connectivity index (χ3n) is 3.17. The first-order valence-electron chi connectivity index (χ1n) is 7.11. The first kappa shape index (κ1) is 17.3. The zero-order valence-electron chi connectivity index (χ0n) is 12.3. The predicted molar refractivity (Wildman–Crippen MR) is 75.2 cm³/mol. The summed E-state index contributed by atoms with van der Waals surface area (Å²) in [5.74, 6) is -0.366. The van der Waals surface area contributed by atoms with Crippen LogP contribution in [-0.2, 0) is 14.3 Å². The van der Waals surface area contributed by atoms with Gasteiger partial charge < -0.3 is 14.4 Å². The molecule has 1 amide bonds. The molecule has 0 N–H and O–H groups in total. The van der Waals surface area contributed by atoms with Gasteiger partial charge in [0.25, 0.3) is 0 Å². The van der Waals surface area contributed by atoms with Crippen LogP contribution in [0.15, 0.2) is 24.3 Å². The van der Waals surface area contributed by atoms with Gasteiger partial charge in [-0.2, -0.15) is 13.2 Å². The summed E-state index contributed by atoms with van der Waals surface area (Å²) in [5, 5.41) is 0. The second kappa shape index (κ2) is 7.45. The van der Waals surface area contributed by atoms with E-state index in [0.717, 1.165) is 12.1 Å². The molecule has 1 aromatic carbocycles. The largest absolute Gasteiger partial charge is 0.426 e. The van der Waals surface area contributed by atoms with Crippen molar-refractivity contribution >= 4 is 17.6 Å². The van der Waals surface area contributed by atoms with Crippen molar-refractivity contribution in [2.45, 2.75) is 25.4 Å². The van der Waals surface area contributed by atoms with Gasteiger partial charge in [-0.05, 0) is 30.7 Å². The summed E-state index contributed by atoms with van der Waals surface area (Å²) in [7, 11) is 0. The molecule has 126 valence electrons. The topological polar surface area (TPSA) is 55.8 Å². The summed E-state index contributed by atoms with van der Waals surface area (Å²) in [6, 6.07) is 6.39. The van der Waals surface area contributed by atoms with Gasteiger partial charge in [0.15, 0.2) is 0 Å². The van der Waals surface area contributed by atoms with E-state index in [1.165, 1.54) is 12.1 Å². The molecule has 1 aliphatic rings. The van der Waals surface area contributed by atoms with Crippen molar-refractivity contribution in [3.05, 3.63) is 24.3 Å². The van der Waals surface area contributed by atoms with E-state index in [1.54, 1.807) is 17.0 Å². The minimum absolute atomic E-state index is 0.0524. The van der Waals surface area contributed by atoms with Crippen LogP contribution in [-0.4, -0.2) is 37.8 Å². The van der Waals surface area contributed by atoms with Crippen LogP contribution in [0.3, 0.4) is 0 Å². The number of alkyl halides is 3. The van der Waals surface area contributed by atoms with Crippen molar-refractivity contribution in [3.8, 4) is 5.75 Å². The molecule has 1 heterocycles. The summed E-state index contributed by atoms with van der Waals surface area (Å²) in [4.78, 5) is 24.7. The average Bonchev–Trinajstić information content (AvgIpc) is 2.90. The summed E-state index contributed by atoms with van der Waals surface area (Å²) < 4.78 is 44.9. The molecule has 2 rings (SSSR count). The third-order valence-corrected chi connectivity index (χ3v) is 3.17. The minimum atomic E-state index is -4.41. The van der Waals surface area contributed by atoms with Crippen molar-refractivity contribution in [2.24, 2.45) is 0 Å². The molecule has 0 aliphatic carbocycles. The molecule has 0 radical (unpaired) electrons. The van der Waals surface area contributed by atoms with Crippen molar-refractivity contribution in [1.29, 1.82) is 0 Å². The molecule has 5 nitrogen and oxygen atoms in total. The molecule has 1 fully saturated rings. The highest BCUT2D eigenvalue weighted by Crippen LogP contribution is 2.24. The summed E-state index contributed by atoms with van der Waals surface area (Å²) >= 11 is 0. The first-order chi connectivity index (χ1) is 10.8. The number of anilines is 1. The number of carbonyl (C=O) groups is 2. The molecular formula is C15H16F3NO4. The molecule has 1 saturated heterocycles. The number of rotatable bonds is 6. The van der Waals surface area contributed by atoms with E-state index in [-0.39, 0.29) is 24.7 Å². The Bertz CT molecular complexity index is 557. The van der Waals surface area contributed by atoms with E-state index in [0.29, 0.717) is 13.0 Å². The molecule has 8 heteroatoms. The number of carbonyl (C=O) groups excluding carboxylic acids is 2. The van der Waals surface area contributed by atoms with E-state index in [1.807, 2.05) is 0 Å². The molecule has 1 aromatic rings. The lowest BCUT2D eigenvalue weighted by molar-refractivity contribution is -0.175. The Balaban J connectivity index is 1.77. The maximum Gasteiger partial charge on any atom is 0.411 e. The zero-order chi connectivity index (χ0) is 16.9. The van der Waals surface area contributed by atoms with E-state index >= 15 is 0 Å². The predicted octanol–water partition coefficient (Wildman–Crippen LogP) is 2.69. The number of ether oxygens (including phenoxy) is 2. The Kier molecular flexibility index (Phi) is 5.59. The van der Waals surface area contributed by atoms with Crippen LogP contribution >= 0.6 is 0 Å². The van der Waals surface area contributed by atoms with Gasteiger partial charge in [0.1, 0.15) is 12.4 Å². The summed E-state index contributed by atoms with van der Waals surface area (Å²) in [6.07, 6.45) is -3.35. The highest BCUT2D eigenvalue weighted by molar-refractivity contribution is 5.95. The molecular weight excluding hydrogens is 315 g/mol. The van der Waals surface area contributed by atoms with Crippen molar-refractivity contribution < 1.29 is 32.2 Å². The number of benzene rings is 1. The number of halogens is 3. The molecule has 0 spiro atoms. The summed E-state index contributed by atoms with van der Waals surface area (Å²) in [5.41, 5.74) is 0.723. The summed E-state index contributed by atoms with van der Waals surface area (Å²) in [6.45, 7) is -1.09. The van der Waals surface area contributed by atoms with E-state index in [4.69, 9.17) is 4.74 Å². The molecule has 0 bridgehead atoms. The number of nitrogens with zero attached hydrogens (tertiary/aromatic N) is 1. The minimum Gasteiger partial charge on any atom is -0.426 e. The fourth-order valence-corrected chi connectivity index (χ4v) is 2.14. The fraction of sp³-hybridized carbons (Fsp3) is 0.467. The molecule has 0 saturated carbocycles. The smallest absolute Gasteiger partial charge is 0.411 e. The van der Waals surface area contributed by atoms with Crippen LogP contribution in [0.5, 0.6) is 5.75 Å². The highest BCUT2D eigenvalue weighted by atomic mass is 19.4. The number of amides is 1. The molecule has 23 heavy (non-hydrogen) atoms. The Morgan fingerprint density at radius 2 is 1.91 bits per heavy atom. The SMILES string of the molecule is O=C(CCOCC(F)(F)F)Oc1ccc(N2CCCC2=O)cc1. The Hall–Kier alpha value is -2.09. The Labute approximate surface area is 131 Å². The zero-order valence-corrected chi connectivity index (χ0v) is 12.3. The molecule has 0 atom stereocenters. The number of esters is 1. The number of hydrogen-bond acceptors (Lipinski definition) is 4. The molecule has 0 unspecified atom stereocenters. The van der Waals surface area contributed by atoms with Gasteiger partial charge in [0.05, 0.1) is 13.0 Å². The fourth-order valence-electron chi connectivity index (χ4n) is 2.14. The van der Waals surface area contributed by atoms with Crippen LogP contribution < -0.4 is 9.64 Å². The lowest BCUT2D eigenvalue weighted by Gasteiger charge is -2.15. The second-order valence-corrected chi connectivity index (χ2v) is 5.03. The average molecular weight is 331 g/mol. The molecule has 0 aromatic heterocycles. The Morgan fingerprint density at radius 1 is 1.22 bits per heavy atom. The van der Waals surface area contributed by atoms with Crippen LogP contribution in [0.2, 0.25) is 0 Å². The van der Waals surface area contributed by atoms with E-state index in [9.17, 15) is 22.8 Å². The lowest BCUT2D eigenvalue weighted by Crippen LogP contribution is -2.23. The van der Waals surface area contributed by atoms with E-state index in [2.05, 4.69) is 4.74 Å². The van der Waals surface area contributed by atoms with Gasteiger partial charge >= 0.3 is 12.1 Å². The van der Waals surface area contributed by atoms with Crippen LogP contribution in [0, 0.1) is 0 Å². The van der Waals surface area contributed by atoms with Gasteiger partial charge in [-0.25, -0.2) is 0 Å². The molecule has 1 aliphatic heterocycles. The van der Waals surface area contributed by atoms with Gasteiger partial charge in [-0.1, -0.05) is 0 Å². The lowest BCUT2D eigenvalue weighted by atomic mass is 10.3. The van der Waals surface area contributed by atoms with Crippen molar-refractivity contribution in [2.75, 3.05) is 24.7 Å².